The van der Waals surface area contributed by atoms with Crippen molar-refractivity contribution in [2.45, 2.75) is 31.7 Å². The molecule has 120 valence electrons. The molecule has 1 atom stereocenters. The van der Waals surface area contributed by atoms with E-state index in [4.69, 9.17) is 5.73 Å². The molecule has 0 saturated heterocycles. The van der Waals surface area contributed by atoms with Crippen LogP contribution in [0.5, 0.6) is 0 Å². The Morgan fingerprint density at radius 3 is 2.52 bits per heavy atom. The lowest BCUT2D eigenvalue weighted by Gasteiger charge is -2.14. The number of nitrogens with two attached hydrogens (primary N) is 1. The molecule has 0 fully saturated rings. The fourth-order valence-corrected chi connectivity index (χ4v) is 2.71. The van der Waals surface area contributed by atoms with Crippen molar-refractivity contribution in [3.05, 3.63) is 29.3 Å². The van der Waals surface area contributed by atoms with E-state index in [9.17, 15) is 13.2 Å². The predicted molar refractivity (Wildman–Crippen MR) is 85.3 cm³/mol. The lowest BCUT2D eigenvalue weighted by atomic mass is 10.1. The molecule has 0 aliphatic heterocycles. The van der Waals surface area contributed by atoms with Gasteiger partial charge in [0.2, 0.25) is 10.0 Å². The summed E-state index contributed by atoms with van der Waals surface area (Å²) >= 11 is 0. The molecule has 8 heteroatoms. The maximum absolute atomic E-state index is 12.1. The van der Waals surface area contributed by atoms with Gasteiger partial charge in [-0.1, -0.05) is 13.0 Å². The van der Waals surface area contributed by atoms with Crippen LogP contribution < -0.4 is 15.8 Å². The van der Waals surface area contributed by atoms with Gasteiger partial charge in [-0.15, -0.1) is 12.4 Å². The number of carbonyl (C=O) groups is 1. The van der Waals surface area contributed by atoms with Crippen molar-refractivity contribution < 1.29 is 13.2 Å². The van der Waals surface area contributed by atoms with Crippen molar-refractivity contribution in [1.29, 1.82) is 0 Å². The highest BCUT2D eigenvalue weighted by Gasteiger charge is 2.17. The zero-order chi connectivity index (χ0) is 15.3. The highest BCUT2D eigenvalue weighted by atomic mass is 35.5. The van der Waals surface area contributed by atoms with E-state index in [0.717, 1.165) is 0 Å². The second kappa shape index (κ2) is 8.33. The van der Waals surface area contributed by atoms with E-state index in [2.05, 4.69) is 10.0 Å². The van der Waals surface area contributed by atoms with Gasteiger partial charge in [0.1, 0.15) is 0 Å². The van der Waals surface area contributed by atoms with E-state index in [1.165, 1.54) is 12.1 Å². The van der Waals surface area contributed by atoms with Crippen LogP contribution in [0.3, 0.4) is 0 Å². The number of halogens is 1. The fraction of sp³-hybridized carbons (Fsp3) is 0.462. The van der Waals surface area contributed by atoms with Crippen LogP contribution in [0.1, 0.15) is 29.8 Å². The zero-order valence-electron chi connectivity index (χ0n) is 12.3. The Morgan fingerprint density at radius 2 is 2.00 bits per heavy atom. The minimum atomic E-state index is -3.57. The van der Waals surface area contributed by atoms with E-state index < -0.39 is 10.0 Å². The second-order valence-corrected chi connectivity index (χ2v) is 6.36. The van der Waals surface area contributed by atoms with Gasteiger partial charge in [-0.25, -0.2) is 13.1 Å². The van der Waals surface area contributed by atoms with Crippen molar-refractivity contribution >= 4 is 28.3 Å². The molecule has 21 heavy (non-hydrogen) atoms. The first-order chi connectivity index (χ1) is 9.31. The molecule has 0 aliphatic carbocycles. The standard InChI is InChI=1S/C13H21N3O3S.ClH/c1-4-15-20(18,19)11-6-5-9(2)12(7-11)13(17)16-10(3)8-14;/h5-7,10,15H,4,8,14H2,1-3H3,(H,16,17);1H/t10-;/m0./s1. The smallest absolute Gasteiger partial charge is 0.251 e. The first-order valence-electron chi connectivity index (χ1n) is 6.43. The van der Waals surface area contributed by atoms with E-state index in [1.54, 1.807) is 26.8 Å². The fourth-order valence-electron chi connectivity index (χ4n) is 1.65. The highest BCUT2D eigenvalue weighted by Crippen LogP contribution is 2.15. The Kier molecular flexibility index (Phi) is 7.87. The van der Waals surface area contributed by atoms with Crippen molar-refractivity contribution in [2.75, 3.05) is 13.1 Å². The molecule has 0 aliphatic rings. The third-order valence-corrected chi connectivity index (χ3v) is 4.37. The molecule has 4 N–H and O–H groups in total. The van der Waals surface area contributed by atoms with E-state index >= 15 is 0 Å². The number of rotatable bonds is 6. The summed E-state index contributed by atoms with van der Waals surface area (Å²) in [6.45, 7) is 5.85. The summed E-state index contributed by atoms with van der Waals surface area (Å²) in [5, 5.41) is 2.72. The van der Waals surface area contributed by atoms with E-state index in [0.29, 0.717) is 24.2 Å². The lowest BCUT2D eigenvalue weighted by molar-refractivity contribution is 0.0940. The van der Waals surface area contributed by atoms with Gasteiger partial charge >= 0.3 is 0 Å². The number of benzene rings is 1. The molecule has 0 saturated carbocycles. The summed E-state index contributed by atoms with van der Waals surface area (Å²) in [4.78, 5) is 12.2. The molecule has 1 aromatic carbocycles. The maximum atomic E-state index is 12.1. The van der Waals surface area contributed by atoms with Crippen LogP contribution in [0.2, 0.25) is 0 Å². The topological polar surface area (TPSA) is 101 Å². The van der Waals surface area contributed by atoms with Crippen LogP contribution in [-0.2, 0) is 10.0 Å². The molecular weight excluding hydrogens is 314 g/mol. The van der Waals surface area contributed by atoms with Gasteiger partial charge < -0.3 is 11.1 Å². The molecular formula is C13H22ClN3O3S. The SMILES string of the molecule is CCNS(=O)(=O)c1ccc(C)c(C(=O)N[C@@H](C)CN)c1.Cl. The number of carbonyl (C=O) groups excluding carboxylic acids is 1. The van der Waals surface area contributed by atoms with Crippen molar-refractivity contribution in [3.63, 3.8) is 0 Å². The van der Waals surface area contributed by atoms with Crippen molar-refractivity contribution in [1.82, 2.24) is 10.0 Å². The van der Waals surface area contributed by atoms with Crippen LogP contribution in [0.25, 0.3) is 0 Å². The molecule has 1 amide bonds. The van der Waals surface area contributed by atoms with Gasteiger partial charge in [-0.05, 0) is 31.5 Å². The number of amides is 1. The Bertz CT molecular complexity index is 590. The number of hydrogen-bond acceptors (Lipinski definition) is 4. The van der Waals surface area contributed by atoms with Crippen molar-refractivity contribution in [3.8, 4) is 0 Å². The van der Waals surface area contributed by atoms with Crippen LogP contribution in [0.4, 0.5) is 0 Å². The maximum Gasteiger partial charge on any atom is 0.251 e. The van der Waals surface area contributed by atoms with E-state index in [-0.39, 0.29) is 29.3 Å². The summed E-state index contributed by atoms with van der Waals surface area (Å²) in [5.41, 5.74) is 6.50. The first-order valence-corrected chi connectivity index (χ1v) is 7.91. The largest absolute Gasteiger partial charge is 0.348 e. The predicted octanol–water partition coefficient (Wildman–Crippen LogP) is 0.792. The molecule has 6 nitrogen and oxygen atoms in total. The normalized spacial score (nSPS) is 12.4. The lowest BCUT2D eigenvalue weighted by Crippen LogP contribution is -2.38. The molecule has 0 heterocycles. The second-order valence-electron chi connectivity index (χ2n) is 4.59. The summed E-state index contributed by atoms with van der Waals surface area (Å²) < 4.78 is 26.3. The molecule has 1 aromatic rings. The van der Waals surface area contributed by atoms with Crippen LogP contribution in [0, 0.1) is 6.92 Å². The average Bonchev–Trinajstić information content (AvgIpc) is 2.38. The number of sulfonamides is 1. The third kappa shape index (κ3) is 5.28. The minimum absolute atomic E-state index is 0. The van der Waals surface area contributed by atoms with Gasteiger partial charge in [0.05, 0.1) is 4.90 Å². The van der Waals surface area contributed by atoms with Crippen LogP contribution in [0.15, 0.2) is 23.1 Å². The summed E-state index contributed by atoms with van der Waals surface area (Å²) in [6.07, 6.45) is 0. The minimum Gasteiger partial charge on any atom is -0.348 e. The molecule has 0 unspecified atom stereocenters. The number of nitrogens with one attached hydrogen (secondary N) is 2. The molecule has 0 radical (unpaired) electrons. The van der Waals surface area contributed by atoms with Crippen molar-refractivity contribution in [2.24, 2.45) is 5.73 Å². The first kappa shape index (κ1) is 19.9. The summed E-state index contributed by atoms with van der Waals surface area (Å²) in [7, 11) is -3.57. The Morgan fingerprint density at radius 1 is 1.38 bits per heavy atom. The summed E-state index contributed by atoms with van der Waals surface area (Å²) in [5.74, 6) is -0.325. The number of hydrogen-bond donors (Lipinski definition) is 3. The Balaban J connectivity index is 0.00000400. The Hall–Kier alpha value is -1.15. The van der Waals surface area contributed by atoms with Gasteiger partial charge in [0.15, 0.2) is 0 Å². The molecule has 0 bridgehead atoms. The average molecular weight is 336 g/mol. The van der Waals surface area contributed by atoms with Gasteiger partial charge in [0, 0.05) is 24.7 Å². The molecule has 0 aromatic heterocycles. The Labute approximate surface area is 132 Å². The number of aryl methyl sites for hydroxylation is 1. The molecule has 0 spiro atoms. The monoisotopic (exact) mass is 335 g/mol. The highest BCUT2D eigenvalue weighted by molar-refractivity contribution is 7.89. The van der Waals surface area contributed by atoms with Gasteiger partial charge in [0.25, 0.3) is 5.91 Å². The molecule has 1 rings (SSSR count). The zero-order valence-corrected chi connectivity index (χ0v) is 14.0. The third-order valence-electron chi connectivity index (χ3n) is 2.83. The summed E-state index contributed by atoms with van der Waals surface area (Å²) in [6, 6.07) is 4.31. The van der Waals surface area contributed by atoms with Crippen LogP contribution >= 0.6 is 12.4 Å². The quantitative estimate of drug-likeness (QED) is 0.715. The van der Waals surface area contributed by atoms with E-state index in [1.807, 2.05) is 0 Å². The van der Waals surface area contributed by atoms with Crippen LogP contribution in [-0.4, -0.2) is 33.5 Å². The van der Waals surface area contributed by atoms with Gasteiger partial charge in [-0.2, -0.15) is 0 Å². The van der Waals surface area contributed by atoms with Gasteiger partial charge in [-0.3, -0.25) is 4.79 Å².